The maximum absolute atomic E-state index is 6.07. The Morgan fingerprint density at radius 3 is 2.17 bits per heavy atom. The van der Waals surface area contributed by atoms with Gasteiger partial charge in [0.2, 0.25) is 11.8 Å². The van der Waals surface area contributed by atoms with Crippen molar-refractivity contribution in [2.45, 2.75) is 59.2 Å². The summed E-state index contributed by atoms with van der Waals surface area (Å²) in [5.41, 5.74) is 0.458. The van der Waals surface area contributed by atoms with Crippen molar-refractivity contribution in [3.05, 3.63) is 30.2 Å². The lowest BCUT2D eigenvalue weighted by Gasteiger charge is -2.28. The molecule has 0 fully saturated rings. The Morgan fingerprint density at radius 2 is 1.65 bits per heavy atom. The molecule has 126 valence electrons. The Bertz CT molecular complexity index is 624. The molecular formula is C18H26N2O3. The van der Waals surface area contributed by atoms with E-state index in [1.54, 1.807) is 6.92 Å². The van der Waals surface area contributed by atoms with Crippen molar-refractivity contribution in [3.63, 3.8) is 0 Å². The van der Waals surface area contributed by atoms with Gasteiger partial charge in [-0.05, 0) is 58.9 Å². The van der Waals surface area contributed by atoms with Gasteiger partial charge in [0, 0.05) is 18.9 Å². The lowest BCUT2D eigenvalue weighted by molar-refractivity contribution is -0.0292. The van der Waals surface area contributed by atoms with E-state index >= 15 is 0 Å². The zero-order valence-corrected chi connectivity index (χ0v) is 14.8. The average Bonchev–Trinajstić information content (AvgIpc) is 2.84. The van der Waals surface area contributed by atoms with Crippen LogP contribution in [-0.2, 0) is 4.74 Å². The van der Waals surface area contributed by atoms with Crippen LogP contribution in [-0.4, -0.2) is 28.0 Å². The summed E-state index contributed by atoms with van der Waals surface area (Å²) < 4.78 is 17.3. The molecule has 0 aliphatic carbocycles. The minimum atomic E-state index is -0.298. The standard InChI is InChI=1S/C18H26N2O3/c1-13-19-20-16(22-13)14-7-9-15(10-8-14)23-18(5,6)11-12-21-17(2,3)4/h7-10H,11-12H2,1-6H3. The molecule has 2 aromatic rings. The Balaban J connectivity index is 1.94. The van der Waals surface area contributed by atoms with E-state index in [1.165, 1.54) is 0 Å². The highest BCUT2D eigenvalue weighted by molar-refractivity contribution is 5.53. The van der Waals surface area contributed by atoms with E-state index in [9.17, 15) is 0 Å². The van der Waals surface area contributed by atoms with Gasteiger partial charge in [-0.2, -0.15) is 0 Å². The zero-order valence-electron chi connectivity index (χ0n) is 14.8. The van der Waals surface area contributed by atoms with E-state index in [1.807, 2.05) is 24.3 Å². The van der Waals surface area contributed by atoms with Crippen LogP contribution < -0.4 is 4.74 Å². The third kappa shape index (κ3) is 5.67. The average molecular weight is 318 g/mol. The predicted molar refractivity (Wildman–Crippen MR) is 89.5 cm³/mol. The molecule has 0 aliphatic rings. The van der Waals surface area contributed by atoms with Crippen molar-refractivity contribution < 1.29 is 13.9 Å². The Morgan fingerprint density at radius 1 is 1.00 bits per heavy atom. The van der Waals surface area contributed by atoms with Crippen LogP contribution in [0.3, 0.4) is 0 Å². The second kappa shape index (κ2) is 6.71. The highest BCUT2D eigenvalue weighted by Crippen LogP contribution is 2.25. The van der Waals surface area contributed by atoms with Crippen LogP contribution in [0.25, 0.3) is 11.5 Å². The summed E-state index contributed by atoms with van der Waals surface area (Å²) in [6.45, 7) is 12.7. The van der Waals surface area contributed by atoms with Crippen LogP contribution >= 0.6 is 0 Å². The molecule has 0 amide bonds. The maximum Gasteiger partial charge on any atom is 0.247 e. The van der Waals surface area contributed by atoms with Crippen molar-refractivity contribution in [1.29, 1.82) is 0 Å². The molecule has 0 unspecified atom stereocenters. The van der Waals surface area contributed by atoms with Crippen LogP contribution in [0.15, 0.2) is 28.7 Å². The first-order chi connectivity index (χ1) is 10.6. The molecule has 0 aliphatic heterocycles. The molecule has 0 spiro atoms. The molecule has 0 radical (unpaired) electrons. The van der Waals surface area contributed by atoms with E-state index in [0.717, 1.165) is 17.7 Å². The first kappa shape index (κ1) is 17.5. The summed E-state index contributed by atoms with van der Waals surface area (Å²) in [6, 6.07) is 7.68. The van der Waals surface area contributed by atoms with Gasteiger partial charge in [0.15, 0.2) is 0 Å². The second-order valence-electron chi connectivity index (χ2n) is 7.22. The van der Waals surface area contributed by atoms with Crippen molar-refractivity contribution in [1.82, 2.24) is 10.2 Å². The number of nitrogens with zero attached hydrogens (tertiary/aromatic N) is 2. The van der Waals surface area contributed by atoms with Crippen molar-refractivity contribution in [3.8, 4) is 17.2 Å². The Kier molecular flexibility index (Phi) is 5.09. The number of rotatable bonds is 6. The number of hydrogen-bond acceptors (Lipinski definition) is 5. The molecule has 5 nitrogen and oxygen atoms in total. The molecule has 1 aromatic heterocycles. The Labute approximate surface area is 138 Å². The number of aromatic nitrogens is 2. The van der Waals surface area contributed by atoms with Crippen molar-refractivity contribution in [2.24, 2.45) is 0 Å². The molecule has 23 heavy (non-hydrogen) atoms. The fraction of sp³-hybridized carbons (Fsp3) is 0.556. The summed E-state index contributed by atoms with van der Waals surface area (Å²) in [5, 5.41) is 7.85. The first-order valence-corrected chi connectivity index (χ1v) is 7.88. The van der Waals surface area contributed by atoms with Gasteiger partial charge >= 0.3 is 0 Å². The predicted octanol–water partition coefficient (Wildman–Crippen LogP) is 4.41. The monoisotopic (exact) mass is 318 g/mol. The smallest absolute Gasteiger partial charge is 0.247 e. The molecule has 0 saturated carbocycles. The maximum atomic E-state index is 6.07. The molecule has 2 rings (SSSR count). The molecule has 0 N–H and O–H groups in total. The van der Waals surface area contributed by atoms with Crippen molar-refractivity contribution in [2.75, 3.05) is 6.61 Å². The van der Waals surface area contributed by atoms with Gasteiger partial charge in [0.1, 0.15) is 11.4 Å². The molecular weight excluding hydrogens is 292 g/mol. The van der Waals surface area contributed by atoms with E-state index in [2.05, 4.69) is 44.8 Å². The van der Waals surface area contributed by atoms with Crippen LogP contribution in [0.2, 0.25) is 0 Å². The second-order valence-corrected chi connectivity index (χ2v) is 7.22. The highest BCUT2D eigenvalue weighted by atomic mass is 16.5. The molecule has 0 saturated heterocycles. The normalized spacial score (nSPS) is 12.4. The third-order valence-electron chi connectivity index (χ3n) is 3.26. The Hall–Kier alpha value is -1.88. The van der Waals surface area contributed by atoms with Crippen LogP contribution in [0.4, 0.5) is 0 Å². The minimum absolute atomic E-state index is 0.125. The summed E-state index contributed by atoms with van der Waals surface area (Å²) in [6.07, 6.45) is 0.814. The minimum Gasteiger partial charge on any atom is -0.488 e. The fourth-order valence-corrected chi connectivity index (χ4v) is 2.05. The molecule has 0 bridgehead atoms. The summed E-state index contributed by atoms with van der Waals surface area (Å²) in [4.78, 5) is 0. The third-order valence-corrected chi connectivity index (χ3v) is 3.26. The summed E-state index contributed by atoms with van der Waals surface area (Å²) >= 11 is 0. The van der Waals surface area contributed by atoms with E-state index in [4.69, 9.17) is 13.9 Å². The fourth-order valence-electron chi connectivity index (χ4n) is 2.05. The van der Waals surface area contributed by atoms with Crippen LogP contribution in [0.5, 0.6) is 5.75 Å². The van der Waals surface area contributed by atoms with Crippen LogP contribution in [0, 0.1) is 6.92 Å². The zero-order chi connectivity index (χ0) is 17.1. The van der Waals surface area contributed by atoms with E-state index in [-0.39, 0.29) is 11.2 Å². The van der Waals surface area contributed by atoms with Gasteiger partial charge in [-0.3, -0.25) is 0 Å². The van der Waals surface area contributed by atoms with Crippen LogP contribution in [0.1, 0.15) is 46.9 Å². The number of benzene rings is 1. The van der Waals surface area contributed by atoms with Gasteiger partial charge in [-0.1, -0.05) is 0 Å². The topological polar surface area (TPSA) is 57.4 Å². The first-order valence-electron chi connectivity index (χ1n) is 7.88. The van der Waals surface area contributed by atoms with E-state index < -0.39 is 0 Å². The molecule has 1 heterocycles. The molecule has 1 aromatic carbocycles. The van der Waals surface area contributed by atoms with Gasteiger partial charge in [0.25, 0.3) is 0 Å². The SMILES string of the molecule is Cc1nnc(-c2ccc(OC(C)(C)CCOC(C)(C)C)cc2)o1. The lowest BCUT2D eigenvalue weighted by Crippen LogP contribution is -2.31. The quantitative estimate of drug-likeness (QED) is 0.789. The molecule has 0 atom stereocenters. The lowest BCUT2D eigenvalue weighted by atomic mass is 10.1. The van der Waals surface area contributed by atoms with E-state index in [0.29, 0.717) is 18.4 Å². The van der Waals surface area contributed by atoms with Gasteiger partial charge in [-0.15, -0.1) is 10.2 Å². The van der Waals surface area contributed by atoms with Gasteiger partial charge in [-0.25, -0.2) is 0 Å². The van der Waals surface area contributed by atoms with Gasteiger partial charge < -0.3 is 13.9 Å². The summed E-state index contributed by atoms with van der Waals surface area (Å²) in [5.74, 6) is 1.89. The number of ether oxygens (including phenoxy) is 2. The van der Waals surface area contributed by atoms with Crippen molar-refractivity contribution >= 4 is 0 Å². The largest absolute Gasteiger partial charge is 0.488 e. The molecule has 5 heteroatoms. The number of aryl methyl sites for hydroxylation is 1. The highest BCUT2D eigenvalue weighted by Gasteiger charge is 2.21. The van der Waals surface area contributed by atoms with Gasteiger partial charge in [0.05, 0.1) is 12.2 Å². The summed E-state index contributed by atoms with van der Waals surface area (Å²) in [7, 11) is 0. The number of hydrogen-bond donors (Lipinski definition) is 0.